The number of carboxylic acids is 4. The number of rotatable bonds is 11. The lowest BCUT2D eigenvalue weighted by atomic mass is 10.4. The van der Waals surface area contributed by atoms with Crippen molar-refractivity contribution in [3.63, 3.8) is 0 Å². The van der Waals surface area contributed by atoms with E-state index in [1.165, 1.54) is 0 Å². The molecule has 0 aliphatic carbocycles. The summed E-state index contributed by atoms with van der Waals surface area (Å²) in [6.07, 6.45) is 0. The van der Waals surface area contributed by atoms with Crippen LogP contribution in [0.5, 0.6) is 0 Å². The molecule has 0 spiro atoms. The van der Waals surface area contributed by atoms with Crippen molar-refractivity contribution in [3.05, 3.63) is 0 Å². The highest BCUT2D eigenvalue weighted by molar-refractivity contribution is 7.44. The summed E-state index contributed by atoms with van der Waals surface area (Å²) in [6.45, 7) is -2.25. The van der Waals surface area contributed by atoms with Gasteiger partial charge in [0.1, 0.15) is 0 Å². The Kier molecular flexibility index (Phi) is 12.8. The quantitative estimate of drug-likeness (QED) is 0.302. The largest absolute Gasteiger partial charge is 0.480 e. The Labute approximate surface area is 130 Å². The van der Waals surface area contributed by atoms with Crippen LogP contribution in [-0.2, 0) is 31.7 Å². The summed E-state index contributed by atoms with van der Waals surface area (Å²) in [4.78, 5) is 44.4. The van der Waals surface area contributed by atoms with Crippen molar-refractivity contribution >= 4 is 36.4 Å². The molecule has 0 fully saturated rings. The van der Waals surface area contributed by atoms with Gasteiger partial charge in [0, 0.05) is 13.1 Å². The van der Waals surface area contributed by atoms with E-state index in [0.717, 1.165) is 9.80 Å². The van der Waals surface area contributed by atoms with Gasteiger partial charge in [0.05, 0.1) is 26.2 Å². The first-order chi connectivity index (χ1) is 10.2. The van der Waals surface area contributed by atoms with E-state index in [1.54, 1.807) is 12.5 Å². The van der Waals surface area contributed by atoms with E-state index in [9.17, 15) is 19.2 Å². The van der Waals surface area contributed by atoms with Crippen molar-refractivity contribution in [1.29, 1.82) is 0 Å². The number of hydrogen-bond donors (Lipinski definition) is 4. The minimum atomic E-state index is -1.23. The first-order valence-corrected chi connectivity index (χ1v) is 6.13. The molecule has 0 amide bonds. The van der Waals surface area contributed by atoms with Crippen molar-refractivity contribution < 1.29 is 43.8 Å². The van der Waals surface area contributed by atoms with Gasteiger partial charge in [-0.15, -0.1) is 0 Å². The van der Waals surface area contributed by atoms with Crippen molar-refractivity contribution in [2.75, 3.05) is 39.3 Å². The molecule has 0 rings (SSSR count). The van der Waals surface area contributed by atoms with Gasteiger partial charge < -0.3 is 20.4 Å². The van der Waals surface area contributed by atoms with Crippen LogP contribution >= 0.6 is 0 Å². The maximum atomic E-state index is 10.6. The summed E-state index contributed by atoms with van der Waals surface area (Å²) in [5.74, 6) is -4.91. The fraction of sp³-hybridized carbons (Fsp3) is 0.600. The fourth-order valence-corrected chi connectivity index (χ4v) is 1.48. The van der Waals surface area contributed by atoms with Crippen LogP contribution in [0.25, 0.3) is 0 Å². The Morgan fingerprint density at radius 1 is 0.591 bits per heavy atom. The van der Waals surface area contributed by atoms with Gasteiger partial charge in [0.15, 0.2) is 0 Å². The first kappa shape index (κ1) is 22.2. The van der Waals surface area contributed by atoms with Gasteiger partial charge in [-0.25, -0.2) is 0 Å². The summed E-state index contributed by atoms with van der Waals surface area (Å²) >= 11 is 1.72. The summed E-state index contributed by atoms with van der Waals surface area (Å²) in [5, 5.41) is 34.5. The standard InChI is InChI=1S/C10H16N2O8.H2OS/c13-7(14)3-11(4-8(15)16)1-2-12(5-9(17)18)6-10(19)20;1-2/h1-6H2,(H,13,14)(H,15,16)(H,17,18)(H,19,20);2H2. The van der Waals surface area contributed by atoms with E-state index >= 15 is 0 Å². The van der Waals surface area contributed by atoms with Crippen molar-refractivity contribution in [3.8, 4) is 0 Å². The second kappa shape index (κ2) is 12.7. The van der Waals surface area contributed by atoms with Crippen LogP contribution in [0.3, 0.4) is 0 Å². The topological polar surface area (TPSA) is 173 Å². The second-order valence-corrected chi connectivity index (χ2v) is 4.00. The lowest BCUT2D eigenvalue weighted by Gasteiger charge is -2.23. The zero-order valence-corrected chi connectivity index (χ0v) is 12.5. The maximum absolute atomic E-state index is 10.6. The molecule has 0 aromatic heterocycles. The maximum Gasteiger partial charge on any atom is 0.317 e. The predicted molar refractivity (Wildman–Crippen MR) is 74.4 cm³/mol. The minimum Gasteiger partial charge on any atom is -0.480 e. The Hall–Kier alpha value is -2.05. The normalized spacial score (nSPS) is 9.95. The third kappa shape index (κ3) is 14.4. The van der Waals surface area contributed by atoms with Crippen LogP contribution < -0.4 is 0 Å². The zero-order valence-electron chi connectivity index (χ0n) is 11.5. The van der Waals surface area contributed by atoms with E-state index in [2.05, 4.69) is 0 Å². The third-order valence-corrected chi connectivity index (χ3v) is 2.17. The lowest BCUT2D eigenvalue weighted by Crippen LogP contribution is -2.43. The van der Waals surface area contributed by atoms with Gasteiger partial charge in [-0.2, -0.15) is 0 Å². The van der Waals surface area contributed by atoms with Crippen LogP contribution in [0.15, 0.2) is 0 Å². The Morgan fingerprint density at radius 2 is 0.773 bits per heavy atom. The van der Waals surface area contributed by atoms with Crippen LogP contribution in [0.4, 0.5) is 0 Å². The van der Waals surface area contributed by atoms with Crippen LogP contribution in [0.1, 0.15) is 0 Å². The molecule has 0 radical (unpaired) electrons. The molecule has 0 atom stereocenters. The average Bonchev–Trinajstić information content (AvgIpc) is 2.35. The van der Waals surface area contributed by atoms with Gasteiger partial charge in [-0.1, -0.05) is 0 Å². The first-order valence-electron chi connectivity index (χ1n) is 5.73. The van der Waals surface area contributed by atoms with Crippen LogP contribution in [-0.4, -0.2) is 97.6 Å². The Morgan fingerprint density at radius 3 is 0.909 bits per heavy atom. The number of nitrogens with zero attached hydrogens (tertiary/aromatic N) is 2. The molecular weight excluding hydrogens is 324 g/mol. The highest BCUT2D eigenvalue weighted by Crippen LogP contribution is 1.94. The summed E-state index contributed by atoms with van der Waals surface area (Å²) in [5.41, 5.74) is 0. The fourth-order valence-electron chi connectivity index (χ4n) is 1.48. The molecule has 0 aliphatic rings. The SMILES string of the molecule is O=C(O)CN(CCN(CC(=O)O)CC(=O)O)CC(=O)O.O=[SH2]. The van der Waals surface area contributed by atoms with Crippen LogP contribution in [0.2, 0.25) is 0 Å². The number of carbonyl (C=O) groups is 4. The van der Waals surface area contributed by atoms with E-state index in [-0.39, 0.29) is 13.1 Å². The van der Waals surface area contributed by atoms with E-state index < -0.39 is 50.1 Å². The van der Waals surface area contributed by atoms with Gasteiger partial charge >= 0.3 is 23.9 Å². The minimum absolute atomic E-state index is 0.0703. The van der Waals surface area contributed by atoms with Gasteiger partial charge in [-0.05, 0) is 12.5 Å². The second-order valence-electron chi connectivity index (χ2n) is 4.00. The van der Waals surface area contributed by atoms with Crippen molar-refractivity contribution in [1.82, 2.24) is 9.80 Å². The highest BCUT2D eigenvalue weighted by atomic mass is 32.1. The highest BCUT2D eigenvalue weighted by Gasteiger charge is 2.17. The molecule has 0 saturated heterocycles. The van der Waals surface area contributed by atoms with Gasteiger partial charge in [0.25, 0.3) is 0 Å². The molecule has 0 saturated carbocycles. The molecule has 0 heterocycles. The molecule has 22 heavy (non-hydrogen) atoms. The summed E-state index contributed by atoms with van der Waals surface area (Å²) < 4.78 is 8.06. The van der Waals surface area contributed by atoms with Crippen molar-refractivity contribution in [2.24, 2.45) is 0 Å². The third-order valence-electron chi connectivity index (χ3n) is 2.17. The van der Waals surface area contributed by atoms with E-state index in [1.807, 2.05) is 0 Å². The molecule has 128 valence electrons. The number of aliphatic carboxylic acids is 4. The Bertz CT molecular complexity index is 336. The van der Waals surface area contributed by atoms with Crippen LogP contribution in [0, 0.1) is 0 Å². The number of carboxylic acid groups (broad SMARTS) is 4. The average molecular weight is 342 g/mol. The smallest absolute Gasteiger partial charge is 0.317 e. The van der Waals surface area contributed by atoms with Crippen molar-refractivity contribution in [2.45, 2.75) is 0 Å². The van der Waals surface area contributed by atoms with Gasteiger partial charge in [-0.3, -0.25) is 33.2 Å². The van der Waals surface area contributed by atoms with E-state index in [4.69, 9.17) is 24.6 Å². The molecule has 0 unspecified atom stereocenters. The molecule has 4 N–H and O–H groups in total. The molecule has 0 aromatic rings. The molecule has 11 nitrogen and oxygen atoms in total. The molecule has 0 aliphatic heterocycles. The predicted octanol–water partition coefficient (Wildman–Crippen LogP) is -2.94. The lowest BCUT2D eigenvalue weighted by molar-refractivity contribution is -0.145. The molecule has 12 heteroatoms. The molecule has 0 bridgehead atoms. The Balaban J connectivity index is 0. The van der Waals surface area contributed by atoms with Gasteiger partial charge in [0.2, 0.25) is 0 Å². The monoisotopic (exact) mass is 342 g/mol. The summed E-state index contributed by atoms with van der Waals surface area (Å²) in [7, 11) is 0. The molecule has 0 aromatic carbocycles. The summed E-state index contributed by atoms with van der Waals surface area (Å²) in [6, 6.07) is 0. The van der Waals surface area contributed by atoms with E-state index in [0.29, 0.717) is 0 Å². The number of hydrogen-bond acceptors (Lipinski definition) is 7. The molecular formula is C10H18N2O9S. The zero-order chi connectivity index (χ0) is 17.7.